The lowest BCUT2D eigenvalue weighted by molar-refractivity contribution is 0.133. The average molecular weight is 404 g/mol. The molecule has 0 amide bonds. The van der Waals surface area contributed by atoms with Crippen molar-refractivity contribution in [1.82, 2.24) is 10.6 Å². The first-order valence-corrected chi connectivity index (χ1v) is 11.5. The van der Waals surface area contributed by atoms with Crippen molar-refractivity contribution in [3.05, 3.63) is 35.9 Å². The van der Waals surface area contributed by atoms with E-state index in [1.165, 1.54) is 37.7 Å². The van der Waals surface area contributed by atoms with Crippen molar-refractivity contribution >= 4 is 5.96 Å². The first-order chi connectivity index (χ1) is 14.3. The third-order valence-electron chi connectivity index (χ3n) is 5.86. The van der Waals surface area contributed by atoms with E-state index >= 15 is 0 Å². The van der Waals surface area contributed by atoms with Crippen LogP contribution in [0.1, 0.15) is 63.9 Å². The number of aliphatic hydroxyl groups excluding tert-OH is 1. The second kappa shape index (κ2) is 14.4. The molecule has 0 heterocycles. The molecular formula is C24H41N3O2. The highest BCUT2D eigenvalue weighted by Crippen LogP contribution is 2.39. The number of guanidine groups is 1. The van der Waals surface area contributed by atoms with Crippen molar-refractivity contribution in [2.75, 3.05) is 39.5 Å². The number of aliphatic imine (C=N–C) groups is 1. The Labute approximate surface area is 177 Å². The maximum atomic E-state index is 9.49. The Morgan fingerprint density at radius 2 is 1.86 bits per heavy atom. The second-order valence-corrected chi connectivity index (χ2v) is 8.21. The molecule has 0 aromatic heterocycles. The number of hydrogen-bond acceptors (Lipinski definition) is 3. The van der Waals surface area contributed by atoms with Crippen LogP contribution in [0.15, 0.2) is 35.3 Å². The Bertz CT molecular complexity index is 551. The van der Waals surface area contributed by atoms with Crippen LogP contribution in [0.5, 0.6) is 0 Å². The van der Waals surface area contributed by atoms with E-state index in [2.05, 4.69) is 41.8 Å². The van der Waals surface area contributed by atoms with Gasteiger partial charge in [-0.1, -0.05) is 49.6 Å². The predicted octanol–water partition coefficient (Wildman–Crippen LogP) is 3.91. The molecule has 3 N–H and O–H groups in total. The molecule has 29 heavy (non-hydrogen) atoms. The summed E-state index contributed by atoms with van der Waals surface area (Å²) in [6, 6.07) is 10.5. The molecule has 0 atom stereocenters. The summed E-state index contributed by atoms with van der Waals surface area (Å²) in [5, 5.41) is 16.3. The van der Waals surface area contributed by atoms with Crippen LogP contribution < -0.4 is 10.6 Å². The van der Waals surface area contributed by atoms with Gasteiger partial charge < -0.3 is 20.5 Å². The summed E-state index contributed by atoms with van der Waals surface area (Å²) in [5.74, 6) is 0.903. The quantitative estimate of drug-likeness (QED) is 0.265. The van der Waals surface area contributed by atoms with Crippen LogP contribution in [-0.4, -0.2) is 50.5 Å². The van der Waals surface area contributed by atoms with E-state index < -0.39 is 0 Å². The molecule has 0 aliphatic heterocycles. The minimum absolute atomic E-state index is 0.196. The highest BCUT2D eigenvalue weighted by molar-refractivity contribution is 5.79. The van der Waals surface area contributed by atoms with Gasteiger partial charge in [0.05, 0.1) is 6.61 Å². The number of ether oxygens (including phenoxy) is 1. The van der Waals surface area contributed by atoms with Gasteiger partial charge in [-0.3, -0.25) is 4.99 Å². The normalized spacial score (nSPS) is 16.6. The van der Waals surface area contributed by atoms with E-state index in [0.29, 0.717) is 0 Å². The maximum absolute atomic E-state index is 9.49. The molecule has 0 radical (unpaired) electrons. The van der Waals surface area contributed by atoms with Crippen molar-refractivity contribution in [2.24, 2.45) is 10.4 Å². The number of benzene rings is 1. The van der Waals surface area contributed by atoms with Crippen LogP contribution in [-0.2, 0) is 11.2 Å². The van der Waals surface area contributed by atoms with Gasteiger partial charge in [-0.15, -0.1) is 0 Å². The number of unbranched alkanes of at least 4 members (excludes halogenated alkanes) is 1. The maximum Gasteiger partial charge on any atom is 0.191 e. The molecule has 0 bridgehead atoms. The molecule has 1 aromatic carbocycles. The number of nitrogens with zero attached hydrogens (tertiary/aromatic N) is 1. The van der Waals surface area contributed by atoms with Crippen molar-refractivity contribution in [3.63, 3.8) is 0 Å². The summed E-state index contributed by atoms with van der Waals surface area (Å²) in [6.45, 7) is 6.54. The molecule has 5 heteroatoms. The third kappa shape index (κ3) is 9.64. The largest absolute Gasteiger partial charge is 0.396 e. The van der Waals surface area contributed by atoms with Crippen LogP contribution in [0, 0.1) is 5.41 Å². The summed E-state index contributed by atoms with van der Waals surface area (Å²) in [7, 11) is 0. The zero-order valence-electron chi connectivity index (χ0n) is 18.3. The standard InChI is InChI=1S/C24H41N3O2/c1-2-25-23(27-21-24(16-18-28)14-7-4-8-15-24)26-17-9-10-19-29-20-13-22-11-5-3-6-12-22/h3,5-6,11-12,28H,2,4,7-10,13-21H2,1H3,(H2,25,26,27). The van der Waals surface area contributed by atoms with Gasteiger partial charge in [-0.05, 0) is 56.4 Å². The van der Waals surface area contributed by atoms with Crippen LogP contribution in [0.4, 0.5) is 0 Å². The zero-order chi connectivity index (χ0) is 20.6. The van der Waals surface area contributed by atoms with Gasteiger partial charge in [0.15, 0.2) is 5.96 Å². The van der Waals surface area contributed by atoms with E-state index in [9.17, 15) is 5.11 Å². The summed E-state index contributed by atoms with van der Waals surface area (Å²) in [4.78, 5) is 4.86. The van der Waals surface area contributed by atoms with E-state index in [-0.39, 0.29) is 12.0 Å². The zero-order valence-corrected chi connectivity index (χ0v) is 18.3. The third-order valence-corrected chi connectivity index (χ3v) is 5.86. The molecule has 164 valence electrons. The minimum atomic E-state index is 0.196. The predicted molar refractivity (Wildman–Crippen MR) is 121 cm³/mol. The van der Waals surface area contributed by atoms with Crippen molar-refractivity contribution in [1.29, 1.82) is 0 Å². The monoisotopic (exact) mass is 403 g/mol. The Hall–Kier alpha value is -1.59. The fourth-order valence-corrected chi connectivity index (χ4v) is 4.09. The SMILES string of the molecule is CCNC(=NCC1(CCO)CCCCC1)NCCCCOCCc1ccccc1. The fraction of sp³-hybridized carbons (Fsp3) is 0.708. The summed E-state index contributed by atoms with van der Waals surface area (Å²) >= 11 is 0. The van der Waals surface area contributed by atoms with E-state index in [1.54, 1.807) is 0 Å². The lowest BCUT2D eigenvalue weighted by Crippen LogP contribution is -2.39. The summed E-state index contributed by atoms with van der Waals surface area (Å²) in [6.07, 6.45) is 10.2. The molecule has 0 unspecified atom stereocenters. The topological polar surface area (TPSA) is 65.9 Å². The number of rotatable bonds is 13. The number of aliphatic hydroxyl groups is 1. The van der Waals surface area contributed by atoms with E-state index in [4.69, 9.17) is 9.73 Å². The van der Waals surface area contributed by atoms with Gasteiger partial charge in [-0.2, -0.15) is 0 Å². The van der Waals surface area contributed by atoms with E-state index in [1.807, 2.05) is 6.07 Å². The average Bonchev–Trinajstić information content (AvgIpc) is 2.75. The molecule has 0 saturated heterocycles. The Morgan fingerprint density at radius 1 is 1.07 bits per heavy atom. The van der Waals surface area contributed by atoms with E-state index in [0.717, 1.165) is 64.5 Å². The number of hydrogen-bond donors (Lipinski definition) is 3. The summed E-state index contributed by atoms with van der Waals surface area (Å²) in [5.41, 5.74) is 1.53. The fourth-order valence-electron chi connectivity index (χ4n) is 4.09. The smallest absolute Gasteiger partial charge is 0.191 e. The van der Waals surface area contributed by atoms with Gasteiger partial charge in [0.2, 0.25) is 0 Å². The molecule has 5 nitrogen and oxygen atoms in total. The number of nitrogens with one attached hydrogen (secondary N) is 2. The molecule has 1 saturated carbocycles. The van der Waals surface area contributed by atoms with Crippen LogP contribution in [0.25, 0.3) is 0 Å². The Morgan fingerprint density at radius 3 is 2.59 bits per heavy atom. The molecule has 1 aromatic rings. The highest BCUT2D eigenvalue weighted by Gasteiger charge is 2.31. The minimum Gasteiger partial charge on any atom is -0.396 e. The van der Waals surface area contributed by atoms with Crippen molar-refractivity contribution in [2.45, 2.75) is 64.7 Å². The second-order valence-electron chi connectivity index (χ2n) is 8.21. The molecular weight excluding hydrogens is 362 g/mol. The Kier molecular flexibility index (Phi) is 11.8. The first-order valence-electron chi connectivity index (χ1n) is 11.5. The lowest BCUT2D eigenvalue weighted by atomic mass is 9.72. The van der Waals surface area contributed by atoms with Gasteiger partial charge in [0, 0.05) is 32.8 Å². The van der Waals surface area contributed by atoms with Gasteiger partial charge in [-0.25, -0.2) is 0 Å². The molecule has 1 fully saturated rings. The van der Waals surface area contributed by atoms with Gasteiger partial charge in [0.1, 0.15) is 0 Å². The molecule has 2 rings (SSSR count). The lowest BCUT2D eigenvalue weighted by Gasteiger charge is -2.35. The van der Waals surface area contributed by atoms with Gasteiger partial charge in [0.25, 0.3) is 0 Å². The highest BCUT2D eigenvalue weighted by atomic mass is 16.5. The summed E-state index contributed by atoms with van der Waals surface area (Å²) < 4.78 is 5.76. The van der Waals surface area contributed by atoms with Crippen molar-refractivity contribution < 1.29 is 9.84 Å². The molecule has 0 spiro atoms. The van der Waals surface area contributed by atoms with Crippen LogP contribution >= 0.6 is 0 Å². The first kappa shape index (κ1) is 23.7. The van der Waals surface area contributed by atoms with Crippen molar-refractivity contribution in [3.8, 4) is 0 Å². The molecule has 1 aliphatic rings. The molecule has 1 aliphatic carbocycles. The Balaban J connectivity index is 1.62. The van der Waals surface area contributed by atoms with Gasteiger partial charge >= 0.3 is 0 Å². The van der Waals surface area contributed by atoms with Crippen LogP contribution in [0.3, 0.4) is 0 Å². The van der Waals surface area contributed by atoms with Crippen LogP contribution in [0.2, 0.25) is 0 Å².